The Balaban J connectivity index is 1.74. The van der Waals surface area contributed by atoms with E-state index in [4.69, 9.17) is 18.9 Å². The summed E-state index contributed by atoms with van der Waals surface area (Å²) >= 11 is 0. The van der Waals surface area contributed by atoms with Crippen molar-refractivity contribution in [1.29, 1.82) is 0 Å². The summed E-state index contributed by atoms with van der Waals surface area (Å²) in [5, 5.41) is 0. The molecule has 0 N–H and O–H groups in total. The van der Waals surface area contributed by atoms with Crippen molar-refractivity contribution in [3.05, 3.63) is 23.8 Å². The van der Waals surface area contributed by atoms with Gasteiger partial charge in [0.05, 0.1) is 33.0 Å². The summed E-state index contributed by atoms with van der Waals surface area (Å²) in [5.41, 5.74) is 1.25. The largest absolute Gasteiger partial charge is 0.493 e. The summed E-state index contributed by atoms with van der Waals surface area (Å²) in [6.45, 7) is 6.11. The second kappa shape index (κ2) is 8.88. The second-order valence-corrected chi connectivity index (χ2v) is 6.90. The van der Waals surface area contributed by atoms with Gasteiger partial charge < -0.3 is 18.9 Å². The number of methoxy groups -OCH3 is 2. The molecule has 0 bridgehead atoms. The van der Waals surface area contributed by atoms with Crippen LogP contribution < -0.4 is 9.47 Å². The highest BCUT2D eigenvalue weighted by Gasteiger charge is 2.38. The van der Waals surface area contributed by atoms with Crippen LogP contribution in [0.5, 0.6) is 11.5 Å². The fraction of sp³-hybridized carbons (Fsp3) is 0.700. The number of ether oxygens (including phenoxy) is 4. The zero-order chi connectivity index (χ0) is 17.6. The molecule has 5 nitrogen and oxygen atoms in total. The maximum atomic E-state index is 5.81. The number of rotatable bonds is 7. The third-order valence-corrected chi connectivity index (χ3v) is 5.49. The Kier molecular flexibility index (Phi) is 6.57. The van der Waals surface area contributed by atoms with Crippen LogP contribution in [-0.2, 0) is 16.0 Å². The van der Waals surface area contributed by atoms with Gasteiger partial charge in [-0.1, -0.05) is 12.5 Å². The van der Waals surface area contributed by atoms with Crippen LogP contribution in [0.1, 0.15) is 31.7 Å². The number of benzene rings is 1. The van der Waals surface area contributed by atoms with Gasteiger partial charge in [0, 0.05) is 32.2 Å². The molecule has 140 valence electrons. The van der Waals surface area contributed by atoms with Crippen molar-refractivity contribution in [1.82, 2.24) is 4.90 Å². The molecule has 5 heteroatoms. The topological polar surface area (TPSA) is 40.2 Å². The predicted octanol–water partition coefficient (Wildman–Crippen LogP) is 3.11. The van der Waals surface area contributed by atoms with E-state index in [-0.39, 0.29) is 0 Å². The standard InChI is InChI=1S/C20H31NO4/c1-4-25-20-12-15(8-9-19(20)23-3)13-21-10-11-24-14-17(21)16-6-5-7-18(16)22-2/h8-9,12,16-18H,4-7,10-11,13-14H2,1-3H3/t16-,17+,18+/m0/s1. The Bertz CT molecular complexity index is 550. The number of hydrogen-bond donors (Lipinski definition) is 0. The molecule has 2 fully saturated rings. The van der Waals surface area contributed by atoms with E-state index in [1.165, 1.54) is 24.8 Å². The first kappa shape index (κ1) is 18.5. The van der Waals surface area contributed by atoms with E-state index >= 15 is 0 Å². The van der Waals surface area contributed by atoms with Gasteiger partial charge >= 0.3 is 0 Å². The van der Waals surface area contributed by atoms with Gasteiger partial charge in [0.15, 0.2) is 11.5 Å². The molecule has 0 amide bonds. The highest BCUT2D eigenvalue weighted by Crippen LogP contribution is 2.35. The summed E-state index contributed by atoms with van der Waals surface area (Å²) < 4.78 is 22.7. The Labute approximate surface area is 151 Å². The van der Waals surface area contributed by atoms with Crippen LogP contribution >= 0.6 is 0 Å². The van der Waals surface area contributed by atoms with Gasteiger partial charge in [0.2, 0.25) is 0 Å². The normalized spacial score (nSPS) is 27.4. The molecule has 0 unspecified atom stereocenters. The van der Waals surface area contributed by atoms with Gasteiger partial charge in [-0.3, -0.25) is 4.90 Å². The first-order valence-corrected chi connectivity index (χ1v) is 9.41. The molecule has 1 saturated heterocycles. The molecular weight excluding hydrogens is 318 g/mol. The van der Waals surface area contributed by atoms with Crippen LogP contribution in [0.3, 0.4) is 0 Å². The van der Waals surface area contributed by atoms with Crippen LogP contribution in [0, 0.1) is 5.92 Å². The van der Waals surface area contributed by atoms with Crippen molar-refractivity contribution in [3.8, 4) is 11.5 Å². The summed E-state index contributed by atoms with van der Waals surface area (Å²) in [4.78, 5) is 2.56. The van der Waals surface area contributed by atoms with Crippen molar-refractivity contribution < 1.29 is 18.9 Å². The van der Waals surface area contributed by atoms with E-state index in [0.717, 1.165) is 37.8 Å². The minimum absolute atomic E-state index is 0.365. The minimum Gasteiger partial charge on any atom is -0.493 e. The van der Waals surface area contributed by atoms with Crippen LogP contribution in [0.4, 0.5) is 0 Å². The molecule has 1 saturated carbocycles. The highest BCUT2D eigenvalue weighted by atomic mass is 16.5. The number of hydrogen-bond acceptors (Lipinski definition) is 5. The molecule has 3 atom stereocenters. The van der Waals surface area contributed by atoms with Crippen molar-refractivity contribution in [2.45, 2.75) is 44.9 Å². The molecule has 1 aromatic carbocycles. The Morgan fingerprint density at radius 1 is 1.20 bits per heavy atom. The van der Waals surface area contributed by atoms with E-state index in [1.807, 2.05) is 20.1 Å². The smallest absolute Gasteiger partial charge is 0.161 e. The molecule has 25 heavy (non-hydrogen) atoms. The highest BCUT2D eigenvalue weighted by molar-refractivity contribution is 5.43. The lowest BCUT2D eigenvalue weighted by Crippen LogP contribution is -2.50. The van der Waals surface area contributed by atoms with Gasteiger partial charge in [-0.05, 0) is 37.5 Å². The monoisotopic (exact) mass is 349 g/mol. The van der Waals surface area contributed by atoms with E-state index in [2.05, 4.69) is 17.0 Å². The van der Waals surface area contributed by atoms with Crippen molar-refractivity contribution in [2.75, 3.05) is 40.6 Å². The molecular formula is C20H31NO4. The lowest BCUT2D eigenvalue weighted by Gasteiger charge is -2.40. The minimum atomic E-state index is 0.365. The van der Waals surface area contributed by atoms with Gasteiger partial charge in [-0.25, -0.2) is 0 Å². The van der Waals surface area contributed by atoms with Crippen molar-refractivity contribution in [2.24, 2.45) is 5.92 Å². The third kappa shape index (κ3) is 4.27. The molecule has 1 aliphatic heterocycles. The zero-order valence-corrected chi connectivity index (χ0v) is 15.7. The van der Waals surface area contributed by atoms with E-state index < -0.39 is 0 Å². The van der Waals surface area contributed by atoms with E-state index in [9.17, 15) is 0 Å². The van der Waals surface area contributed by atoms with Gasteiger partial charge in [0.25, 0.3) is 0 Å². The SMILES string of the molecule is CCOc1cc(CN2CCOC[C@@H]2[C@@H]2CCC[C@H]2OC)ccc1OC. The maximum Gasteiger partial charge on any atom is 0.161 e. The van der Waals surface area contributed by atoms with Crippen LogP contribution in [0.2, 0.25) is 0 Å². The molecule has 0 radical (unpaired) electrons. The summed E-state index contributed by atoms with van der Waals surface area (Å²) in [5.74, 6) is 2.18. The molecule has 1 aromatic rings. The molecule has 1 aliphatic carbocycles. The van der Waals surface area contributed by atoms with E-state index in [0.29, 0.717) is 24.7 Å². The van der Waals surface area contributed by atoms with E-state index in [1.54, 1.807) is 7.11 Å². The lowest BCUT2D eigenvalue weighted by molar-refractivity contribution is -0.0608. The zero-order valence-electron chi connectivity index (χ0n) is 15.7. The summed E-state index contributed by atoms with van der Waals surface area (Å²) in [6.07, 6.45) is 4.02. The van der Waals surface area contributed by atoms with Crippen molar-refractivity contribution in [3.63, 3.8) is 0 Å². The Morgan fingerprint density at radius 3 is 2.84 bits per heavy atom. The average Bonchev–Trinajstić information content (AvgIpc) is 3.11. The molecule has 0 aromatic heterocycles. The third-order valence-electron chi connectivity index (χ3n) is 5.49. The molecule has 0 spiro atoms. The van der Waals surface area contributed by atoms with Crippen LogP contribution in [-0.4, -0.2) is 57.6 Å². The fourth-order valence-corrected chi connectivity index (χ4v) is 4.26. The summed E-state index contributed by atoms with van der Waals surface area (Å²) in [6, 6.07) is 6.68. The van der Waals surface area contributed by atoms with Gasteiger partial charge in [-0.15, -0.1) is 0 Å². The molecule has 1 heterocycles. The Hall–Kier alpha value is -1.30. The van der Waals surface area contributed by atoms with Gasteiger partial charge in [-0.2, -0.15) is 0 Å². The lowest BCUT2D eigenvalue weighted by atomic mass is 9.93. The quantitative estimate of drug-likeness (QED) is 0.756. The molecule has 3 rings (SSSR count). The Morgan fingerprint density at radius 2 is 2.08 bits per heavy atom. The van der Waals surface area contributed by atoms with Crippen LogP contribution in [0.25, 0.3) is 0 Å². The number of morpholine rings is 1. The fourth-order valence-electron chi connectivity index (χ4n) is 4.26. The van der Waals surface area contributed by atoms with Gasteiger partial charge in [0.1, 0.15) is 0 Å². The average molecular weight is 349 g/mol. The molecule has 2 aliphatic rings. The first-order chi connectivity index (χ1) is 12.3. The first-order valence-electron chi connectivity index (χ1n) is 9.41. The number of nitrogens with zero attached hydrogens (tertiary/aromatic N) is 1. The predicted molar refractivity (Wildman–Crippen MR) is 97.3 cm³/mol. The maximum absolute atomic E-state index is 5.81. The second-order valence-electron chi connectivity index (χ2n) is 6.90. The van der Waals surface area contributed by atoms with Crippen LogP contribution in [0.15, 0.2) is 18.2 Å². The summed E-state index contributed by atoms with van der Waals surface area (Å²) in [7, 11) is 3.52. The van der Waals surface area contributed by atoms with Crippen molar-refractivity contribution >= 4 is 0 Å².